The molecule has 0 aliphatic carbocycles. The van der Waals surface area contributed by atoms with Crippen LogP contribution in [0.2, 0.25) is 0 Å². The van der Waals surface area contributed by atoms with Crippen molar-refractivity contribution in [2.45, 2.75) is 6.92 Å². The Labute approximate surface area is 66.8 Å². The van der Waals surface area contributed by atoms with Gasteiger partial charge in [-0.3, -0.25) is 14.4 Å². The van der Waals surface area contributed by atoms with Crippen LogP contribution in [-0.4, -0.2) is 33.7 Å². The highest BCUT2D eigenvalue weighted by Gasteiger charge is 2.31. The molecule has 0 aromatic heterocycles. The van der Waals surface area contributed by atoms with Crippen molar-refractivity contribution in [1.82, 2.24) is 0 Å². The number of carbonyl (C=O) groups excluding carboxylic acids is 2. The van der Waals surface area contributed by atoms with Crippen LogP contribution in [0, 0.1) is 5.92 Å². The second-order valence-corrected chi connectivity index (χ2v) is 2.06. The molecule has 0 saturated carbocycles. The summed E-state index contributed by atoms with van der Waals surface area (Å²) in [5.41, 5.74) is 0. The van der Waals surface area contributed by atoms with E-state index in [0.717, 1.165) is 6.92 Å². The molecule has 66 valence electrons. The molecule has 0 heterocycles. The molecule has 0 fully saturated rings. The summed E-state index contributed by atoms with van der Waals surface area (Å²) in [4.78, 5) is 41.0. The third kappa shape index (κ3) is 2.15. The van der Waals surface area contributed by atoms with Gasteiger partial charge in [-0.25, -0.2) is 4.79 Å². The average Bonchev–Trinajstić information content (AvgIpc) is 2.00. The van der Waals surface area contributed by atoms with E-state index in [1.54, 1.807) is 0 Å². The zero-order chi connectivity index (χ0) is 9.89. The third-order valence-corrected chi connectivity index (χ3v) is 1.18. The molecule has 0 spiro atoms. The summed E-state index contributed by atoms with van der Waals surface area (Å²) in [7, 11) is 0. The van der Waals surface area contributed by atoms with Gasteiger partial charge in [-0.2, -0.15) is 0 Å². The summed E-state index contributed by atoms with van der Waals surface area (Å²) < 4.78 is 0. The molecule has 0 saturated heterocycles. The molecule has 6 nitrogen and oxygen atoms in total. The van der Waals surface area contributed by atoms with Crippen molar-refractivity contribution < 1.29 is 29.4 Å². The first-order chi connectivity index (χ1) is 5.37. The van der Waals surface area contributed by atoms with E-state index in [1.165, 1.54) is 0 Å². The standard InChI is InChI=1S/C6H6O6/c1-2(5(9)10)3(7)4(8)6(11)12/h2H,1H3,(H,9,10)(H,11,12). The summed E-state index contributed by atoms with van der Waals surface area (Å²) in [5, 5.41) is 16.2. The predicted octanol–water partition coefficient (Wildman–Crippen LogP) is -1.07. The Morgan fingerprint density at radius 3 is 1.75 bits per heavy atom. The Morgan fingerprint density at radius 2 is 1.50 bits per heavy atom. The molecule has 12 heavy (non-hydrogen) atoms. The highest BCUT2D eigenvalue weighted by atomic mass is 16.4. The second kappa shape index (κ2) is 3.61. The zero-order valence-electron chi connectivity index (χ0n) is 6.10. The number of ketones is 2. The van der Waals surface area contributed by atoms with Crippen molar-refractivity contribution in [3.05, 3.63) is 0 Å². The number of aliphatic carboxylic acids is 2. The molecule has 6 heteroatoms. The molecule has 0 aliphatic heterocycles. The largest absolute Gasteiger partial charge is 0.481 e. The highest BCUT2D eigenvalue weighted by Crippen LogP contribution is 1.97. The van der Waals surface area contributed by atoms with E-state index < -0.39 is 29.4 Å². The molecule has 0 aliphatic rings. The maximum absolute atomic E-state index is 10.6. The van der Waals surface area contributed by atoms with Crippen molar-refractivity contribution in [2.75, 3.05) is 0 Å². The predicted molar refractivity (Wildman–Crippen MR) is 34.4 cm³/mol. The van der Waals surface area contributed by atoms with E-state index in [9.17, 15) is 19.2 Å². The Morgan fingerprint density at radius 1 is 1.08 bits per heavy atom. The van der Waals surface area contributed by atoms with Crippen LogP contribution in [0.3, 0.4) is 0 Å². The van der Waals surface area contributed by atoms with Crippen LogP contribution in [0.25, 0.3) is 0 Å². The zero-order valence-corrected chi connectivity index (χ0v) is 6.10. The van der Waals surface area contributed by atoms with Gasteiger partial charge >= 0.3 is 17.7 Å². The van der Waals surface area contributed by atoms with Crippen molar-refractivity contribution in [3.8, 4) is 0 Å². The number of hydrogen-bond acceptors (Lipinski definition) is 4. The van der Waals surface area contributed by atoms with Crippen LogP contribution in [0.4, 0.5) is 0 Å². The molecule has 0 aromatic rings. The van der Waals surface area contributed by atoms with Crippen molar-refractivity contribution in [1.29, 1.82) is 0 Å². The maximum Gasteiger partial charge on any atom is 0.380 e. The monoisotopic (exact) mass is 174 g/mol. The van der Waals surface area contributed by atoms with Crippen molar-refractivity contribution in [3.63, 3.8) is 0 Å². The fourth-order valence-electron chi connectivity index (χ4n) is 0.414. The van der Waals surface area contributed by atoms with Gasteiger partial charge < -0.3 is 10.2 Å². The minimum absolute atomic E-state index is 0.950. The normalized spacial score (nSPS) is 11.8. The SMILES string of the molecule is CC(C(=O)O)C(=O)C(=O)C(=O)O. The third-order valence-electron chi connectivity index (χ3n) is 1.18. The quantitative estimate of drug-likeness (QED) is 0.415. The fourth-order valence-corrected chi connectivity index (χ4v) is 0.414. The Bertz CT molecular complexity index is 253. The van der Waals surface area contributed by atoms with Crippen LogP contribution in [0.5, 0.6) is 0 Å². The van der Waals surface area contributed by atoms with E-state index in [2.05, 4.69) is 0 Å². The summed E-state index contributed by atoms with van der Waals surface area (Å²) in [6.45, 7) is 0.950. The van der Waals surface area contributed by atoms with Gasteiger partial charge in [-0.05, 0) is 6.92 Å². The lowest BCUT2D eigenvalue weighted by Gasteiger charge is -1.99. The molecule has 2 N–H and O–H groups in total. The first-order valence-electron chi connectivity index (χ1n) is 2.92. The number of Topliss-reactive ketones (excluding diaryl/α,β-unsaturated/α-hetero) is 2. The lowest BCUT2D eigenvalue weighted by atomic mass is 10.0. The van der Waals surface area contributed by atoms with Gasteiger partial charge in [0, 0.05) is 0 Å². The number of hydrogen-bond donors (Lipinski definition) is 2. The van der Waals surface area contributed by atoms with Crippen molar-refractivity contribution >= 4 is 23.5 Å². The summed E-state index contributed by atoms with van der Waals surface area (Å²) in [6, 6.07) is 0. The summed E-state index contributed by atoms with van der Waals surface area (Å²) in [5.74, 6) is -8.18. The highest BCUT2D eigenvalue weighted by molar-refractivity contribution is 6.63. The van der Waals surface area contributed by atoms with Gasteiger partial charge in [0.15, 0.2) is 0 Å². The molecular weight excluding hydrogens is 168 g/mol. The van der Waals surface area contributed by atoms with E-state index in [1.807, 2.05) is 0 Å². The van der Waals surface area contributed by atoms with Gasteiger partial charge in [-0.1, -0.05) is 0 Å². The average molecular weight is 174 g/mol. The minimum atomic E-state index is -1.94. The second-order valence-electron chi connectivity index (χ2n) is 2.06. The number of carbonyl (C=O) groups is 4. The van der Waals surface area contributed by atoms with E-state index in [-0.39, 0.29) is 0 Å². The van der Waals surface area contributed by atoms with Gasteiger partial charge in [0.05, 0.1) is 0 Å². The first kappa shape index (κ1) is 10.3. The maximum atomic E-state index is 10.6. The lowest BCUT2D eigenvalue weighted by molar-refractivity contribution is -0.156. The minimum Gasteiger partial charge on any atom is -0.481 e. The Kier molecular flexibility index (Phi) is 3.09. The van der Waals surface area contributed by atoms with Gasteiger partial charge in [0.25, 0.3) is 0 Å². The van der Waals surface area contributed by atoms with Crippen LogP contribution >= 0.6 is 0 Å². The number of carboxylic acids is 2. The van der Waals surface area contributed by atoms with Gasteiger partial charge in [0.2, 0.25) is 5.78 Å². The van der Waals surface area contributed by atoms with Crippen LogP contribution in [-0.2, 0) is 19.2 Å². The summed E-state index contributed by atoms with van der Waals surface area (Å²) >= 11 is 0. The number of carboxylic acid groups (broad SMARTS) is 2. The van der Waals surface area contributed by atoms with Crippen LogP contribution < -0.4 is 0 Å². The number of rotatable bonds is 4. The summed E-state index contributed by atoms with van der Waals surface area (Å²) in [6.07, 6.45) is 0. The fraction of sp³-hybridized carbons (Fsp3) is 0.333. The van der Waals surface area contributed by atoms with E-state index in [4.69, 9.17) is 10.2 Å². The molecule has 0 amide bonds. The van der Waals surface area contributed by atoms with E-state index >= 15 is 0 Å². The van der Waals surface area contributed by atoms with Gasteiger partial charge in [-0.15, -0.1) is 0 Å². The molecule has 1 unspecified atom stereocenters. The molecule has 1 atom stereocenters. The van der Waals surface area contributed by atoms with Gasteiger partial charge in [0.1, 0.15) is 5.92 Å². The van der Waals surface area contributed by atoms with Crippen LogP contribution in [0.1, 0.15) is 6.92 Å². The van der Waals surface area contributed by atoms with Crippen molar-refractivity contribution in [2.24, 2.45) is 5.92 Å². The van der Waals surface area contributed by atoms with Crippen LogP contribution in [0.15, 0.2) is 0 Å². The molecule has 0 rings (SSSR count). The first-order valence-corrected chi connectivity index (χ1v) is 2.92. The molecule has 0 radical (unpaired) electrons. The smallest absolute Gasteiger partial charge is 0.380 e. The topological polar surface area (TPSA) is 109 Å². The molecule has 0 bridgehead atoms. The lowest BCUT2D eigenvalue weighted by Crippen LogP contribution is -2.32. The van der Waals surface area contributed by atoms with E-state index in [0.29, 0.717) is 0 Å². The Hall–Kier alpha value is -1.72. The Balaban J connectivity index is 4.51. The molecular formula is C6H6O6. The molecule has 0 aromatic carbocycles.